The third-order valence-corrected chi connectivity index (χ3v) is 8.32. The van der Waals surface area contributed by atoms with E-state index in [0.29, 0.717) is 12.0 Å². The van der Waals surface area contributed by atoms with Gasteiger partial charge in [0, 0.05) is 16.7 Å². The zero-order chi connectivity index (χ0) is 25.3. The van der Waals surface area contributed by atoms with Gasteiger partial charge in [0.05, 0.1) is 12.6 Å². The lowest BCUT2D eigenvalue weighted by Gasteiger charge is -2.31. The first kappa shape index (κ1) is 25.3. The molecule has 2 aliphatic heterocycles. The first-order valence-electron chi connectivity index (χ1n) is 12.0. The van der Waals surface area contributed by atoms with Gasteiger partial charge in [0.15, 0.2) is 0 Å². The summed E-state index contributed by atoms with van der Waals surface area (Å²) in [5, 5.41) is 15.3. The predicted molar refractivity (Wildman–Crippen MR) is 137 cm³/mol. The number of carbonyl (C=O) groups is 3. The van der Waals surface area contributed by atoms with E-state index in [9.17, 15) is 19.5 Å². The van der Waals surface area contributed by atoms with Crippen molar-refractivity contribution in [1.82, 2.24) is 15.5 Å². The molecule has 0 radical (unpaired) electrons. The number of nitrogens with one attached hydrogen (secondary N) is 2. The molecule has 7 nitrogen and oxygen atoms in total. The third kappa shape index (κ3) is 4.95. The van der Waals surface area contributed by atoms with Crippen molar-refractivity contribution in [3.8, 4) is 0 Å². The quantitative estimate of drug-likeness (QED) is 0.523. The summed E-state index contributed by atoms with van der Waals surface area (Å²) in [5.41, 5.74) is 2.45. The van der Waals surface area contributed by atoms with Gasteiger partial charge in [-0.05, 0) is 37.0 Å². The summed E-state index contributed by atoms with van der Waals surface area (Å²) in [6, 6.07) is 15.0. The lowest BCUT2D eigenvalue weighted by Crippen LogP contribution is -2.58. The molecule has 186 valence electrons. The molecule has 0 bridgehead atoms. The van der Waals surface area contributed by atoms with E-state index in [-0.39, 0.29) is 35.6 Å². The second-order valence-electron chi connectivity index (χ2n) is 10.1. The van der Waals surface area contributed by atoms with Crippen molar-refractivity contribution in [2.45, 2.75) is 62.4 Å². The van der Waals surface area contributed by atoms with Crippen molar-refractivity contribution in [3.05, 3.63) is 71.3 Å². The molecule has 35 heavy (non-hydrogen) atoms. The first-order chi connectivity index (χ1) is 16.6. The van der Waals surface area contributed by atoms with Crippen molar-refractivity contribution in [2.24, 2.45) is 5.92 Å². The van der Waals surface area contributed by atoms with E-state index in [2.05, 4.69) is 10.6 Å². The molecule has 3 amide bonds. The topological polar surface area (TPSA) is 98.7 Å². The fourth-order valence-corrected chi connectivity index (χ4v) is 6.41. The van der Waals surface area contributed by atoms with Crippen LogP contribution in [0.1, 0.15) is 54.6 Å². The Morgan fingerprint density at radius 1 is 1.06 bits per heavy atom. The standard InChI is InChI=1S/C27H33N3O4S/c1-16(2)21(15-31)29-23(32)20(14-17-10-6-5-7-11-17)28-24(33)22-27(3,4)35-26-19-13-9-8-12-18(19)25(34)30(22)26/h5-13,16,20-22,26,31H,14-15H2,1-4H3,(H,28,33)(H,29,32)/t20-,21+,22-,26+/m0/s1. The zero-order valence-corrected chi connectivity index (χ0v) is 21.3. The Morgan fingerprint density at radius 2 is 1.71 bits per heavy atom. The third-order valence-electron chi connectivity index (χ3n) is 6.79. The van der Waals surface area contributed by atoms with E-state index in [0.717, 1.165) is 11.1 Å². The number of aliphatic hydroxyl groups excluding tert-OH is 1. The van der Waals surface area contributed by atoms with Gasteiger partial charge in [0.2, 0.25) is 11.8 Å². The van der Waals surface area contributed by atoms with Crippen LogP contribution in [0.25, 0.3) is 0 Å². The summed E-state index contributed by atoms with van der Waals surface area (Å²) in [6.07, 6.45) is 0.298. The highest BCUT2D eigenvalue weighted by Gasteiger charge is 2.57. The van der Waals surface area contributed by atoms with E-state index in [1.54, 1.807) is 22.7 Å². The molecule has 2 aromatic rings. The lowest BCUT2D eigenvalue weighted by molar-refractivity contribution is -0.132. The summed E-state index contributed by atoms with van der Waals surface area (Å²) >= 11 is 1.59. The molecule has 1 fully saturated rings. The number of nitrogens with zero attached hydrogens (tertiary/aromatic N) is 1. The number of hydrogen-bond acceptors (Lipinski definition) is 5. The Labute approximate surface area is 210 Å². The highest BCUT2D eigenvalue weighted by atomic mass is 32.2. The normalized spacial score (nSPS) is 21.9. The lowest BCUT2D eigenvalue weighted by atomic mass is 9.98. The maximum Gasteiger partial charge on any atom is 0.256 e. The molecule has 0 spiro atoms. The van der Waals surface area contributed by atoms with Gasteiger partial charge in [0.25, 0.3) is 5.91 Å². The van der Waals surface area contributed by atoms with E-state index in [4.69, 9.17) is 0 Å². The molecular weight excluding hydrogens is 462 g/mol. The van der Waals surface area contributed by atoms with Crippen molar-refractivity contribution < 1.29 is 19.5 Å². The Bertz CT molecular complexity index is 1100. The fraction of sp³-hybridized carbons (Fsp3) is 0.444. The number of carbonyl (C=O) groups excluding carboxylic acids is 3. The van der Waals surface area contributed by atoms with E-state index >= 15 is 0 Å². The number of thioether (sulfide) groups is 1. The molecule has 0 aromatic heterocycles. The number of amides is 3. The average molecular weight is 496 g/mol. The van der Waals surface area contributed by atoms with Gasteiger partial charge in [-0.1, -0.05) is 62.4 Å². The van der Waals surface area contributed by atoms with Crippen LogP contribution >= 0.6 is 11.8 Å². The number of benzene rings is 2. The van der Waals surface area contributed by atoms with Gasteiger partial charge in [-0.15, -0.1) is 11.8 Å². The zero-order valence-electron chi connectivity index (χ0n) is 20.5. The van der Waals surface area contributed by atoms with Crippen LogP contribution in [0.3, 0.4) is 0 Å². The second kappa shape index (κ2) is 10.0. The van der Waals surface area contributed by atoms with Crippen LogP contribution < -0.4 is 10.6 Å². The molecule has 2 heterocycles. The largest absolute Gasteiger partial charge is 0.394 e. The van der Waals surface area contributed by atoms with Crippen LogP contribution in [0, 0.1) is 5.92 Å². The molecular formula is C27H33N3O4S. The molecule has 2 aromatic carbocycles. The van der Waals surface area contributed by atoms with Crippen LogP contribution in [0.15, 0.2) is 54.6 Å². The summed E-state index contributed by atoms with van der Waals surface area (Å²) in [7, 11) is 0. The molecule has 4 rings (SSSR count). The van der Waals surface area contributed by atoms with Gasteiger partial charge in [0.1, 0.15) is 17.5 Å². The molecule has 8 heteroatoms. The Kier molecular flexibility index (Phi) is 7.24. The van der Waals surface area contributed by atoms with E-state index < -0.39 is 22.9 Å². The molecule has 0 saturated carbocycles. The van der Waals surface area contributed by atoms with E-state index in [1.807, 2.05) is 76.2 Å². The van der Waals surface area contributed by atoms with Crippen molar-refractivity contribution in [2.75, 3.05) is 6.61 Å². The van der Waals surface area contributed by atoms with Crippen LogP contribution in [0.5, 0.6) is 0 Å². The minimum atomic E-state index is -0.849. The monoisotopic (exact) mass is 495 g/mol. The maximum atomic E-state index is 13.7. The summed E-state index contributed by atoms with van der Waals surface area (Å²) in [5.74, 6) is -0.838. The predicted octanol–water partition coefficient (Wildman–Crippen LogP) is 2.90. The molecule has 0 unspecified atom stereocenters. The summed E-state index contributed by atoms with van der Waals surface area (Å²) in [6.45, 7) is 7.57. The SMILES string of the molecule is CC(C)[C@@H](CO)NC(=O)[C@H](Cc1ccccc1)NC(=O)[C@@H]1N2C(=O)c3ccccc3[C@H]2SC1(C)C. The molecule has 2 aliphatic rings. The minimum Gasteiger partial charge on any atom is -0.394 e. The van der Waals surface area contributed by atoms with Crippen molar-refractivity contribution in [1.29, 1.82) is 0 Å². The molecule has 3 N–H and O–H groups in total. The second-order valence-corrected chi connectivity index (χ2v) is 11.8. The van der Waals surface area contributed by atoms with Crippen LogP contribution in [0.4, 0.5) is 0 Å². The van der Waals surface area contributed by atoms with Gasteiger partial charge in [-0.25, -0.2) is 0 Å². The maximum absolute atomic E-state index is 13.7. The first-order valence-corrected chi connectivity index (χ1v) is 12.9. The molecule has 1 saturated heterocycles. The van der Waals surface area contributed by atoms with Gasteiger partial charge < -0.3 is 20.6 Å². The van der Waals surface area contributed by atoms with Gasteiger partial charge >= 0.3 is 0 Å². The number of fused-ring (bicyclic) bond motifs is 3. The fourth-order valence-electron chi connectivity index (χ4n) is 4.82. The number of hydrogen-bond donors (Lipinski definition) is 3. The highest BCUT2D eigenvalue weighted by molar-refractivity contribution is 8.01. The Balaban J connectivity index is 1.59. The Morgan fingerprint density at radius 3 is 2.37 bits per heavy atom. The summed E-state index contributed by atoms with van der Waals surface area (Å²) < 4.78 is -0.544. The van der Waals surface area contributed by atoms with Crippen LogP contribution in [-0.4, -0.2) is 57.2 Å². The van der Waals surface area contributed by atoms with Crippen molar-refractivity contribution >= 4 is 29.5 Å². The van der Waals surface area contributed by atoms with Crippen LogP contribution in [0.2, 0.25) is 0 Å². The molecule has 4 atom stereocenters. The average Bonchev–Trinajstić information content (AvgIpc) is 3.26. The van der Waals surface area contributed by atoms with Gasteiger partial charge in [-0.2, -0.15) is 0 Å². The van der Waals surface area contributed by atoms with Gasteiger partial charge in [-0.3, -0.25) is 14.4 Å². The molecule has 0 aliphatic carbocycles. The summed E-state index contributed by atoms with van der Waals surface area (Å²) in [4.78, 5) is 42.0. The smallest absolute Gasteiger partial charge is 0.256 e. The van der Waals surface area contributed by atoms with E-state index in [1.165, 1.54) is 0 Å². The Hall–Kier alpha value is -2.84. The number of aliphatic hydroxyl groups is 1. The van der Waals surface area contributed by atoms with Crippen molar-refractivity contribution in [3.63, 3.8) is 0 Å². The highest BCUT2D eigenvalue weighted by Crippen LogP contribution is 2.56. The minimum absolute atomic E-state index is 0.0312. The number of rotatable bonds is 8. The van der Waals surface area contributed by atoms with Crippen LogP contribution in [-0.2, 0) is 16.0 Å².